The van der Waals surface area contributed by atoms with E-state index < -0.39 is 5.97 Å². The molecule has 1 unspecified atom stereocenters. The first-order valence-corrected chi connectivity index (χ1v) is 6.49. The molecule has 1 atom stereocenters. The largest absolute Gasteiger partial charge is 0.465 e. The quantitative estimate of drug-likeness (QED) is 0.632. The zero-order valence-electron chi connectivity index (χ0n) is 11.1. The third kappa shape index (κ3) is 2.98. The first-order chi connectivity index (χ1) is 9.15. The second kappa shape index (κ2) is 5.93. The highest BCUT2D eigenvalue weighted by Gasteiger charge is 2.23. The van der Waals surface area contributed by atoms with Crippen molar-refractivity contribution >= 4 is 17.3 Å². The zero-order valence-corrected chi connectivity index (χ0v) is 11.1. The van der Waals surface area contributed by atoms with Crippen LogP contribution in [0.4, 0.5) is 11.4 Å². The lowest BCUT2D eigenvalue weighted by Gasteiger charge is -2.19. The number of rotatable bonds is 4. The van der Waals surface area contributed by atoms with Crippen molar-refractivity contribution in [2.45, 2.75) is 12.8 Å². The number of esters is 1. The summed E-state index contributed by atoms with van der Waals surface area (Å²) in [5.41, 5.74) is 7.61. The third-order valence-electron chi connectivity index (χ3n) is 3.63. The highest BCUT2D eigenvalue weighted by atomic mass is 16.5. The lowest BCUT2D eigenvalue weighted by molar-refractivity contribution is 0.0602. The van der Waals surface area contributed by atoms with Gasteiger partial charge in [0.15, 0.2) is 0 Å². The SMILES string of the molecule is COC(=O)c1cc(N2CCC(CCO)C2)ccc1N. The molecular formula is C14H20N2O3. The molecule has 0 saturated carbocycles. The van der Waals surface area contributed by atoms with Gasteiger partial charge in [0.1, 0.15) is 0 Å². The number of methoxy groups -OCH3 is 1. The number of nitrogens with two attached hydrogens (primary N) is 1. The number of carbonyl (C=O) groups excluding carboxylic acids is 1. The Labute approximate surface area is 113 Å². The van der Waals surface area contributed by atoms with E-state index in [9.17, 15) is 4.79 Å². The van der Waals surface area contributed by atoms with Crippen LogP contribution in [0.5, 0.6) is 0 Å². The van der Waals surface area contributed by atoms with Crippen molar-refractivity contribution in [1.82, 2.24) is 0 Å². The summed E-state index contributed by atoms with van der Waals surface area (Å²) in [4.78, 5) is 13.8. The second-order valence-electron chi connectivity index (χ2n) is 4.88. The van der Waals surface area contributed by atoms with Crippen LogP contribution in [0.15, 0.2) is 18.2 Å². The predicted molar refractivity (Wildman–Crippen MR) is 74.2 cm³/mol. The summed E-state index contributed by atoms with van der Waals surface area (Å²) < 4.78 is 4.72. The van der Waals surface area contributed by atoms with Crippen molar-refractivity contribution in [2.24, 2.45) is 5.92 Å². The number of carbonyl (C=O) groups is 1. The first kappa shape index (κ1) is 13.7. The number of hydrogen-bond donors (Lipinski definition) is 2. The summed E-state index contributed by atoms with van der Waals surface area (Å²) in [5.74, 6) is 0.106. The Balaban J connectivity index is 2.15. The number of nitrogens with zero attached hydrogens (tertiary/aromatic N) is 1. The van der Waals surface area contributed by atoms with Gasteiger partial charge in [-0.3, -0.25) is 0 Å². The highest BCUT2D eigenvalue weighted by Crippen LogP contribution is 2.28. The van der Waals surface area contributed by atoms with Gasteiger partial charge in [-0.1, -0.05) is 0 Å². The molecule has 0 amide bonds. The molecule has 1 saturated heterocycles. The van der Waals surface area contributed by atoms with Crippen molar-refractivity contribution < 1.29 is 14.6 Å². The number of nitrogen functional groups attached to an aromatic ring is 1. The molecule has 0 aliphatic carbocycles. The second-order valence-corrected chi connectivity index (χ2v) is 4.88. The van der Waals surface area contributed by atoms with E-state index in [0.29, 0.717) is 17.2 Å². The number of hydrogen-bond acceptors (Lipinski definition) is 5. The van der Waals surface area contributed by atoms with Gasteiger partial charge in [0.05, 0.1) is 12.7 Å². The smallest absolute Gasteiger partial charge is 0.340 e. The summed E-state index contributed by atoms with van der Waals surface area (Å²) in [6, 6.07) is 5.44. The van der Waals surface area contributed by atoms with E-state index in [0.717, 1.165) is 31.6 Å². The summed E-state index contributed by atoms with van der Waals surface area (Å²) in [6.45, 7) is 2.08. The molecule has 1 fully saturated rings. The molecule has 1 aromatic carbocycles. The fourth-order valence-corrected chi connectivity index (χ4v) is 2.51. The topological polar surface area (TPSA) is 75.8 Å². The molecule has 2 rings (SSSR count). The number of aliphatic hydroxyl groups is 1. The van der Waals surface area contributed by atoms with E-state index in [-0.39, 0.29) is 6.61 Å². The Morgan fingerprint density at radius 2 is 2.37 bits per heavy atom. The normalized spacial score (nSPS) is 18.6. The highest BCUT2D eigenvalue weighted by molar-refractivity contribution is 5.96. The van der Waals surface area contributed by atoms with Crippen molar-refractivity contribution in [3.05, 3.63) is 23.8 Å². The van der Waals surface area contributed by atoms with Crippen molar-refractivity contribution in [3.63, 3.8) is 0 Å². The minimum atomic E-state index is -0.412. The van der Waals surface area contributed by atoms with Gasteiger partial charge in [-0.15, -0.1) is 0 Å². The van der Waals surface area contributed by atoms with Crippen LogP contribution in [0.3, 0.4) is 0 Å². The van der Waals surface area contributed by atoms with Gasteiger partial charge in [0.2, 0.25) is 0 Å². The van der Waals surface area contributed by atoms with Gasteiger partial charge < -0.3 is 20.5 Å². The van der Waals surface area contributed by atoms with Gasteiger partial charge in [-0.05, 0) is 37.0 Å². The molecule has 1 aliphatic rings. The van der Waals surface area contributed by atoms with Crippen molar-refractivity contribution in [3.8, 4) is 0 Å². The first-order valence-electron chi connectivity index (χ1n) is 6.49. The molecule has 1 heterocycles. The van der Waals surface area contributed by atoms with Crippen molar-refractivity contribution in [1.29, 1.82) is 0 Å². The predicted octanol–water partition coefficient (Wildman–Crippen LogP) is 1.26. The Hall–Kier alpha value is -1.75. The van der Waals surface area contributed by atoms with Gasteiger partial charge in [0.25, 0.3) is 0 Å². The van der Waals surface area contributed by atoms with Crippen LogP contribution < -0.4 is 10.6 Å². The fraction of sp³-hybridized carbons (Fsp3) is 0.500. The van der Waals surface area contributed by atoms with Crippen molar-refractivity contribution in [2.75, 3.05) is 37.4 Å². The maximum Gasteiger partial charge on any atom is 0.340 e. The molecule has 0 spiro atoms. The van der Waals surface area contributed by atoms with Crippen LogP contribution in [0, 0.1) is 5.92 Å². The Bertz CT molecular complexity index is 462. The molecule has 5 heteroatoms. The van der Waals surface area contributed by atoms with Gasteiger partial charge in [0, 0.05) is 31.1 Å². The van der Waals surface area contributed by atoms with Crippen LogP contribution in [0.1, 0.15) is 23.2 Å². The number of benzene rings is 1. The molecule has 0 bridgehead atoms. The average Bonchev–Trinajstić information content (AvgIpc) is 2.87. The summed E-state index contributed by atoms with van der Waals surface area (Å²) in [5, 5.41) is 8.97. The van der Waals surface area contributed by atoms with Crippen LogP contribution in [-0.4, -0.2) is 37.9 Å². The molecule has 1 aromatic rings. The van der Waals surface area contributed by atoms with Crippen LogP contribution >= 0.6 is 0 Å². The minimum absolute atomic E-state index is 0.230. The fourth-order valence-electron chi connectivity index (χ4n) is 2.51. The van der Waals surface area contributed by atoms with Gasteiger partial charge in [-0.25, -0.2) is 4.79 Å². The van der Waals surface area contributed by atoms with E-state index in [1.54, 1.807) is 12.1 Å². The Morgan fingerprint density at radius 3 is 3.05 bits per heavy atom. The maximum absolute atomic E-state index is 11.6. The van der Waals surface area contributed by atoms with E-state index >= 15 is 0 Å². The number of aliphatic hydroxyl groups excluding tert-OH is 1. The lowest BCUT2D eigenvalue weighted by Crippen LogP contribution is -2.20. The van der Waals surface area contributed by atoms with Crippen LogP contribution in [-0.2, 0) is 4.74 Å². The monoisotopic (exact) mass is 264 g/mol. The van der Waals surface area contributed by atoms with E-state index in [4.69, 9.17) is 15.6 Å². The lowest BCUT2D eigenvalue weighted by atomic mass is 10.1. The Morgan fingerprint density at radius 1 is 1.58 bits per heavy atom. The average molecular weight is 264 g/mol. The molecular weight excluding hydrogens is 244 g/mol. The molecule has 0 aromatic heterocycles. The standard InChI is InChI=1S/C14H20N2O3/c1-19-14(18)12-8-11(2-3-13(12)15)16-6-4-10(9-16)5-7-17/h2-3,8,10,17H,4-7,9,15H2,1H3. The molecule has 0 radical (unpaired) electrons. The van der Waals surface area contributed by atoms with E-state index in [1.165, 1.54) is 7.11 Å². The minimum Gasteiger partial charge on any atom is -0.465 e. The summed E-state index contributed by atoms with van der Waals surface area (Å²) >= 11 is 0. The molecule has 104 valence electrons. The molecule has 19 heavy (non-hydrogen) atoms. The summed E-state index contributed by atoms with van der Waals surface area (Å²) in [7, 11) is 1.35. The zero-order chi connectivity index (χ0) is 13.8. The van der Waals surface area contributed by atoms with E-state index in [2.05, 4.69) is 4.90 Å². The van der Waals surface area contributed by atoms with Crippen LogP contribution in [0.2, 0.25) is 0 Å². The maximum atomic E-state index is 11.6. The van der Waals surface area contributed by atoms with Crippen LogP contribution in [0.25, 0.3) is 0 Å². The summed E-state index contributed by atoms with van der Waals surface area (Å²) in [6.07, 6.45) is 1.90. The van der Waals surface area contributed by atoms with E-state index in [1.807, 2.05) is 6.07 Å². The van der Waals surface area contributed by atoms with Gasteiger partial charge in [-0.2, -0.15) is 0 Å². The molecule has 3 N–H and O–H groups in total. The number of anilines is 2. The third-order valence-corrected chi connectivity index (χ3v) is 3.63. The number of ether oxygens (including phenoxy) is 1. The molecule has 1 aliphatic heterocycles. The Kier molecular flexibility index (Phi) is 4.27. The molecule has 5 nitrogen and oxygen atoms in total. The van der Waals surface area contributed by atoms with Gasteiger partial charge >= 0.3 is 5.97 Å².